The molecule has 3 nitrogen and oxygen atoms in total. The summed E-state index contributed by atoms with van der Waals surface area (Å²) >= 11 is 0. The summed E-state index contributed by atoms with van der Waals surface area (Å²) in [6.45, 7) is 6.11. The summed E-state index contributed by atoms with van der Waals surface area (Å²) in [5.74, 6) is 0. The van der Waals surface area contributed by atoms with Crippen molar-refractivity contribution in [3.8, 4) is 0 Å². The van der Waals surface area contributed by atoms with Crippen molar-refractivity contribution in [1.82, 2.24) is 9.55 Å². The smallest absolute Gasteiger partial charge is 0.0530 e. The molecule has 0 bridgehead atoms. The Hall–Kier alpha value is -2.39. The van der Waals surface area contributed by atoms with Gasteiger partial charge in [0.05, 0.1) is 5.52 Å². The number of rotatable bonds is 3. The lowest BCUT2D eigenvalue weighted by atomic mass is 9.97. The molecule has 2 heterocycles. The minimum atomic E-state index is 0.712. The Kier molecular flexibility index (Phi) is 3.31. The van der Waals surface area contributed by atoms with Crippen LogP contribution in [0.4, 0.5) is 0 Å². The zero-order valence-electron chi connectivity index (χ0n) is 13.6. The molecule has 116 valence electrons. The van der Waals surface area contributed by atoms with Crippen LogP contribution >= 0.6 is 0 Å². The van der Waals surface area contributed by atoms with Gasteiger partial charge in [-0.15, -0.1) is 0 Å². The van der Waals surface area contributed by atoms with Crippen LogP contribution in [0, 0.1) is 13.8 Å². The molecule has 23 heavy (non-hydrogen) atoms. The highest BCUT2D eigenvalue weighted by molar-refractivity contribution is 6.16. The van der Waals surface area contributed by atoms with E-state index in [9.17, 15) is 0 Å². The maximum Gasteiger partial charge on any atom is 0.0530 e. The molecule has 2 N–H and O–H groups in total. The molecule has 0 spiro atoms. The van der Waals surface area contributed by atoms with Gasteiger partial charge in [-0.3, -0.25) is 4.98 Å². The molecule has 0 aliphatic rings. The minimum Gasteiger partial charge on any atom is -0.340 e. The summed E-state index contributed by atoms with van der Waals surface area (Å²) in [6.07, 6.45) is 4.86. The Balaban J connectivity index is 2.25. The van der Waals surface area contributed by atoms with E-state index in [1.54, 1.807) is 0 Å². The van der Waals surface area contributed by atoms with Crippen LogP contribution < -0.4 is 5.73 Å². The highest BCUT2D eigenvalue weighted by atomic mass is 15.0. The molecule has 4 aromatic rings. The fourth-order valence-electron chi connectivity index (χ4n) is 3.84. The van der Waals surface area contributed by atoms with E-state index >= 15 is 0 Å². The number of pyridine rings is 1. The maximum absolute atomic E-state index is 5.77. The average Bonchev–Trinajstić information content (AvgIpc) is 2.93. The first-order valence-electron chi connectivity index (χ1n) is 8.18. The molecule has 4 rings (SSSR count). The third kappa shape index (κ3) is 1.97. The maximum atomic E-state index is 5.77. The first kappa shape index (κ1) is 14.2. The van der Waals surface area contributed by atoms with Gasteiger partial charge in [0.15, 0.2) is 0 Å². The van der Waals surface area contributed by atoms with Crippen LogP contribution in [0.25, 0.3) is 32.6 Å². The molecular formula is C20H21N3. The van der Waals surface area contributed by atoms with Crippen LogP contribution in [0.15, 0.2) is 42.7 Å². The van der Waals surface area contributed by atoms with Gasteiger partial charge in [0, 0.05) is 40.6 Å². The second-order valence-corrected chi connectivity index (χ2v) is 6.21. The average molecular weight is 303 g/mol. The number of benzene rings is 2. The van der Waals surface area contributed by atoms with Gasteiger partial charge in [-0.25, -0.2) is 0 Å². The molecule has 2 aromatic carbocycles. The summed E-state index contributed by atoms with van der Waals surface area (Å²) in [6, 6.07) is 10.8. The zero-order chi connectivity index (χ0) is 16.0. The Morgan fingerprint density at radius 1 is 1.00 bits per heavy atom. The van der Waals surface area contributed by atoms with Gasteiger partial charge in [0.25, 0.3) is 0 Å². The highest BCUT2D eigenvalue weighted by Gasteiger charge is 2.17. The van der Waals surface area contributed by atoms with Crippen LogP contribution in [0.5, 0.6) is 0 Å². The molecule has 0 radical (unpaired) electrons. The van der Waals surface area contributed by atoms with Crippen LogP contribution in [0.1, 0.15) is 17.5 Å². The van der Waals surface area contributed by atoms with Crippen molar-refractivity contribution >= 4 is 32.6 Å². The topological polar surface area (TPSA) is 43.8 Å². The molecule has 0 aliphatic carbocycles. The predicted molar refractivity (Wildman–Crippen MR) is 97.9 cm³/mol. The number of nitrogens with two attached hydrogens (primary N) is 1. The first-order valence-corrected chi connectivity index (χ1v) is 8.18. The lowest BCUT2D eigenvalue weighted by Gasteiger charge is -2.12. The van der Waals surface area contributed by atoms with Crippen LogP contribution in [0.2, 0.25) is 0 Å². The van der Waals surface area contributed by atoms with Gasteiger partial charge >= 0.3 is 0 Å². The SMILES string of the molecule is Cc1c2cnccc2c(C)c2c1c1ccccc1n2CCCN. The van der Waals surface area contributed by atoms with E-state index in [-0.39, 0.29) is 0 Å². The highest BCUT2D eigenvalue weighted by Crippen LogP contribution is 2.38. The van der Waals surface area contributed by atoms with Gasteiger partial charge in [-0.05, 0) is 55.5 Å². The second kappa shape index (κ2) is 5.36. The predicted octanol–water partition coefficient (Wildman–Crippen LogP) is 4.31. The summed E-state index contributed by atoms with van der Waals surface area (Å²) < 4.78 is 2.44. The molecular weight excluding hydrogens is 282 g/mol. The van der Waals surface area contributed by atoms with E-state index in [0.29, 0.717) is 6.54 Å². The van der Waals surface area contributed by atoms with Crippen molar-refractivity contribution < 1.29 is 0 Å². The summed E-state index contributed by atoms with van der Waals surface area (Å²) in [5.41, 5.74) is 11.1. The van der Waals surface area contributed by atoms with Gasteiger partial charge < -0.3 is 10.3 Å². The van der Waals surface area contributed by atoms with Crippen LogP contribution in [-0.2, 0) is 6.54 Å². The van der Waals surface area contributed by atoms with E-state index in [1.165, 1.54) is 43.7 Å². The van der Waals surface area contributed by atoms with Crippen molar-refractivity contribution in [3.63, 3.8) is 0 Å². The van der Waals surface area contributed by atoms with Crippen LogP contribution in [0.3, 0.4) is 0 Å². The molecule has 2 aromatic heterocycles. The monoisotopic (exact) mass is 303 g/mol. The first-order chi connectivity index (χ1) is 11.2. The van der Waals surface area contributed by atoms with Crippen molar-refractivity contribution in [1.29, 1.82) is 0 Å². The number of nitrogens with zero attached hydrogens (tertiary/aromatic N) is 2. The number of fused-ring (bicyclic) bond motifs is 4. The van der Waals surface area contributed by atoms with E-state index in [2.05, 4.69) is 53.7 Å². The van der Waals surface area contributed by atoms with E-state index in [1.807, 2.05) is 12.4 Å². The lowest BCUT2D eigenvalue weighted by molar-refractivity contribution is 0.686. The summed E-state index contributed by atoms with van der Waals surface area (Å²) in [4.78, 5) is 4.33. The molecule has 0 saturated carbocycles. The Bertz CT molecular complexity index is 1030. The van der Waals surface area contributed by atoms with Crippen molar-refractivity contribution in [2.24, 2.45) is 5.73 Å². The van der Waals surface area contributed by atoms with E-state index in [4.69, 9.17) is 5.73 Å². The Labute approximate surface area is 135 Å². The van der Waals surface area contributed by atoms with Crippen LogP contribution in [-0.4, -0.2) is 16.1 Å². The molecule has 3 heteroatoms. The largest absolute Gasteiger partial charge is 0.340 e. The van der Waals surface area contributed by atoms with Crippen molar-refractivity contribution in [2.45, 2.75) is 26.8 Å². The number of para-hydroxylation sites is 1. The third-order valence-electron chi connectivity index (χ3n) is 4.92. The Morgan fingerprint density at radius 3 is 2.65 bits per heavy atom. The number of aromatic nitrogens is 2. The molecule has 0 aliphatic heterocycles. The Morgan fingerprint density at radius 2 is 1.83 bits per heavy atom. The fourth-order valence-corrected chi connectivity index (χ4v) is 3.84. The van der Waals surface area contributed by atoms with Gasteiger partial charge in [0.1, 0.15) is 0 Å². The second-order valence-electron chi connectivity index (χ2n) is 6.21. The lowest BCUT2D eigenvalue weighted by Crippen LogP contribution is -2.06. The number of hydrogen-bond acceptors (Lipinski definition) is 2. The fraction of sp³-hybridized carbons (Fsp3) is 0.250. The number of aryl methyl sites for hydroxylation is 3. The van der Waals surface area contributed by atoms with Gasteiger partial charge in [-0.2, -0.15) is 0 Å². The molecule has 0 saturated heterocycles. The standard InChI is InChI=1S/C20H21N3/c1-13-17-12-22-10-8-15(17)14(2)20-19(13)16-6-3-4-7-18(16)23(20)11-5-9-21/h3-4,6-8,10,12H,5,9,11,21H2,1-2H3. The van der Waals surface area contributed by atoms with E-state index < -0.39 is 0 Å². The summed E-state index contributed by atoms with van der Waals surface area (Å²) in [7, 11) is 0. The van der Waals surface area contributed by atoms with E-state index in [0.717, 1.165) is 13.0 Å². The van der Waals surface area contributed by atoms with Gasteiger partial charge in [-0.1, -0.05) is 18.2 Å². The quantitative estimate of drug-likeness (QED) is 0.613. The van der Waals surface area contributed by atoms with Crippen molar-refractivity contribution in [2.75, 3.05) is 6.54 Å². The molecule has 0 unspecified atom stereocenters. The normalized spacial score (nSPS) is 11.8. The molecule has 0 amide bonds. The summed E-state index contributed by atoms with van der Waals surface area (Å²) in [5, 5.41) is 5.22. The van der Waals surface area contributed by atoms with Gasteiger partial charge in [0.2, 0.25) is 0 Å². The molecule has 0 fully saturated rings. The van der Waals surface area contributed by atoms with Crippen molar-refractivity contribution in [3.05, 3.63) is 53.9 Å². The number of hydrogen-bond donors (Lipinski definition) is 1. The third-order valence-corrected chi connectivity index (χ3v) is 4.92. The minimum absolute atomic E-state index is 0.712. The zero-order valence-corrected chi connectivity index (χ0v) is 13.6. The molecule has 0 atom stereocenters.